The molecule has 2 N–H and O–H groups in total. The molecule has 0 radical (unpaired) electrons. The monoisotopic (exact) mass is 585 g/mol. The van der Waals surface area contributed by atoms with Gasteiger partial charge in [-0.25, -0.2) is 4.79 Å². The van der Waals surface area contributed by atoms with Crippen molar-refractivity contribution in [2.24, 2.45) is 7.05 Å². The van der Waals surface area contributed by atoms with Crippen LogP contribution in [0.1, 0.15) is 40.7 Å². The number of fused-ring (bicyclic) bond motifs is 1. The maximum absolute atomic E-state index is 12.7. The topological polar surface area (TPSA) is 93.4 Å². The second kappa shape index (κ2) is 13.2. The summed E-state index contributed by atoms with van der Waals surface area (Å²) in [6, 6.07) is 27.8. The zero-order chi connectivity index (χ0) is 30.5. The minimum absolute atomic E-state index is 0.211. The van der Waals surface area contributed by atoms with E-state index in [0.717, 1.165) is 55.2 Å². The predicted molar refractivity (Wildman–Crippen MR) is 176 cm³/mol. The van der Waals surface area contributed by atoms with Crippen LogP contribution in [0.5, 0.6) is 0 Å². The zero-order valence-electron chi connectivity index (χ0n) is 25.6. The lowest BCUT2D eigenvalue weighted by Crippen LogP contribution is -2.34. The number of hydrogen-bond acceptors (Lipinski definition) is 5. The standard InChI is InChI=1S/C36H39N7O/c1-25-18-26(2)20-29(19-25)35-33(32-23-31(14-15-34(32)39-35)43-36(44)42(3)40-41-43)22-30(21-27-10-5-4-6-11-27)38-17-8-7-12-28-13-9-16-37-24-28/h4-6,9-11,13-16,18-20,23-24,30,38-39H,7-8,12,17,21-22H2,1-3H3. The number of aromatic amines is 1. The first-order chi connectivity index (χ1) is 21.4. The third-order valence-electron chi connectivity index (χ3n) is 8.19. The van der Waals surface area contributed by atoms with Crippen LogP contribution in [-0.2, 0) is 26.3 Å². The van der Waals surface area contributed by atoms with Gasteiger partial charge in [0, 0.05) is 42.1 Å². The Morgan fingerprint density at radius 1 is 0.864 bits per heavy atom. The minimum atomic E-state index is -0.272. The Hall–Kier alpha value is -4.82. The van der Waals surface area contributed by atoms with E-state index in [9.17, 15) is 4.79 Å². The predicted octanol–water partition coefficient (Wildman–Crippen LogP) is 5.89. The highest BCUT2D eigenvalue weighted by molar-refractivity contribution is 5.92. The molecule has 0 saturated heterocycles. The molecule has 1 unspecified atom stereocenters. The molecule has 0 amide bonds. The van der Waals surface area contributed by atoms with Crippen molar-refractivity contribution >= 4 is 10.9 Å². The Morgan fingerprint density at radius 3 is 2.39 bits per heavy atom. The number of tetrazole rings is 1. The molecule has 1 atom stereocenters. The summed E-state index contributed by atoms with van der Waals surface area (Å²) in [5, 5.41) is 13.0. The fourth-order valence-corrected chi connectivity index (χ4v) is 6.09. The molecule has 0 bridgehead atoms. The highest BCUT2D eigenvalue weighted by Gasteiger charge is 2.20. The van der Waals surface area contributed by atoms with Crippen LogP contribution in [0.25, 0.3) is 27.8 Å². The Kier molecular flexibility index (Phi) is 8.79. The summed E-state index contributed by atoms with van der Waals surface area (Å²) in [4.78, 5) is 20.7. The number of aryl methyl sites for hydroxylation is 4. The van der Waals surface area contributed by atoms with E-state index in [-0.39, 0.29) is 11.7 Å². The first-order valence-electron chi connectivity index (χ1n) is 15.3. The van der Waals surface area contributed by atoms with Gasteiger partial charge in [0.05, 0.1) is 5.69 Å². The summed E-state index contributed by atoms with van der Waals surface area (Å²) in [6.45, 7) is 5.21. The molecule has 0 spiro atoms. The lowest BCUT2D eigenvalue weighted by Gasteiger charge is -2.20. The van der Waals surface area contributed by atoms with Gasteiger partial charge in [0.25, 0.3) is 0 Å². The van der Waals surface area contributed by atoms with E-state index in [1.807, 2.05) is 30.6 Å². The van der Waals surface area contributed by atoms with Crippen LogP contribution in [-0.4, -0.2) is 42.3 Å². The average Bonchev–Trinajstić information content (AvgIpc) is 3.56. The molecule has 3 aromatic carbocycles. The van der Waals surface area contributed by atoms with E-state index >= 15 is 0 Å². The quantitative estimate of drug-likeness (QED) is 0.175. The minimum Gasteiger partial charge on any atom is -0.354 e. The molecule has 0 fully saturated rings. The van der Waals surface area contributed by atoms with Gasteiger partial charge in [-0.2, -0.15) is 9.36 Å². The summed E-state index contributed by atoms with van der Waals surface area (Å²) in [5.74, 6) is 0. The van der Waals surface area contributed by atoms with Crippen LogP contribution in [0.3, 0.4) is 0 Å². The van der Waals surface area contributed by atoms with Crippen molar-refractivity contribution in [3.8, 4) is 16.9 Å². The van der Waals surface area contributed by atoms with Gasteiger partial charge in [0.2, 0.25) is 0 Å². The number of aromatic nitrogens is 6. The van der Waals surface area contributed by atoms with E-state index in [1.54, 1.807) is 7.05 Å². The molecular formula is C36H39N7O. The van der Waals surface area contributed by atoms with Gasteiger partial charge in [-0.1, -0.05) is 53.6 Å². The van der Waals surface area contributed by atoms with E-state index in [2.05, 4.69) is 100 Å². The maximum Gasteiger partial charge on any atom is 0.368 e. The molecule has 0 aliphatic carbocycles. The number of nitrogens with one attached hydrogen (secondary N) is 2. The Balaban J connectivity index is 1.34. The first kappa shape index (κ1) is 29.3. The van der Waals surface area contributed by atoms with Crippen LogP contribution in [0, 0.1) is 13.8 Å². The van der Waals surface area contributed by atoms with Crippen molar-refractivity contribution in [1.29, 1.82) is 0 Å². The number of unbranched alkanes of at least 4 members (excludes halogenated alkanes) is 1. The molecule has 0 saturated carbocycles. The molecule has 6 aromatic rings. The van der Waals surface area contributed by atoms with Gasteiger partial charge >= 0.3 is 5.69 Å². The maximum atomic E-state index is 12.7. The van der Waals surface area contributed by atoms with Crippen LogP contribution in [0.4, 0.5) is 0 Å². The van der Waals surface area contributed by atoms with Crippen molar-refractivity contribution in [1.82, 2.24) is 35.1 Å². The number of nitrogens with zero attached hydrogens (tertiary/aromatic N) is 5. The number of pyridine rings is 1. The average molecular weight is 586 g/mol. The fourth-order valence-electron chi connectivity index (χ4n) is 6.09. The second-order valence-corrected chi connectivity index (χ2v) is 11.7. The number of rotatable bonds is 12. The summed E-state index contributed by atoms with van der Waals surface area (Å²) >= 11 is 0. The molecule has 44 heavy (non-hydrogen) atoms. The van der Waals surface area contributed by atoms with Gasteiger partial charge < -0.3 is 10.3 Å². The molecule has 8 nitrogen and oxygen atoms in total. The molecular weight excluding hydrogens is 546 g/mol. The Labute approximate surface area is 257 Å². The molecule has 224 valence electrons. The first-order valence-corrected chi connectivity index (χ1v) is 15.3. The molecule has 0 aliphatic rings. The van der Waals surface area contributed by atoms with Gasteiger partial charge in [-0.15, -0.1) is 0 Å². The largest absolute Gasteiger partial charge is 0.368 e. The van der Waals surface area contributed by atoms with Crippen molar-refractivity contribution in [2.45, 2.75) is 52.0 Å². The highest BCUT2D eigenvalue weighted by atomic mass is 16.2. The van der Waals surface area contributed by atoms with Crippen LogP contribution < -0.4 is 11.0 Å². The van der Waals surface area contributed by atoms with Gasteiger partial charge in [-0.05, 0) is 122 Å². The lowest BCUT2D eigenvalue weighted by molar-refractivity contribution is 0.493. The van der Waals surface area contributed by atoms with E-state index in [1.165, 1.54) is 42.7 Å². The summed E-state index contributed by atoms with van der Waals surface area (Å²) in [7, 11) is 1.61. The highest BCUT2D eigenvalue weighted by Crippen LogP contribution is 2.34. The van der Waals surface area contributed by atoms with Crippen LogP contribution in [0.2, 0.25) is 0 Å². The molecule has 3 aromatic heterocycles. The Bertz CT molecular complexity index is 1880. The van der Waals surface area contributed by atoms with Crippen LogP contribution in [0.15, 0.2) is 96.1 Å². The summed E-state index contributed by atoms with van der Waals surface area (Å²) < 4.78 is 2.60. The van der Waals surface area contributed by atoms with E-state index in [0.29, 0.717) is 5.69 Å². The normalized spacial score (nSPS) is 12.2. The van der Waals surface area contributed by atoms with Crippen LogP contribution >= 0.6 is 0 Å². The smallest absolute Gasteiger partial charge is 0.354 e. The second-order valence-electron chi connectivity index (χ2n) is 11.7. The molecule has 8 heteroatoms. The van der Waals surface area contributed by atoms with Crippen molar-refractivity contribution in [2.75, 3.05) is 6.54 Å². The van der Waals surface area contributed by atoms with E-state index < -0.39 is 0 Å². The third-order valence-corrected chi connectivity index (χ3v) is 8.19. The Morgan fingerprint density at radius 2 is 1.66 bits per heavy atom. The number of hydrogen-bond donors (Lipinski definition) is 2. The van der Waals surface area contributed by atoms with Gasteiger partial charge in [0.1, 0.15) is 0 Å². The van der Waals surface area contributed by atoms with Gasteiger partial charge in [0.15, 0.2) is 0 Å². The van der Waals surface area contributed by atoms with Gasteiger partial charge in [-0.3, -0.25) is 4.98 Å². The number of H-pyrrole nitrogens is 1. The third kappa shape index (κ3) is 6.71. The number of benzene rings is 3. The summed E-state index contributed by atoms with van der Waals surface area (Å²) in [5.41, 5.74) is 10.0. The SMILES string of the molecule is Cc1cc(C)cc(-c2[nH]c3ccc(-n4nnn(C)c4=O)cc3c2CC(Cc2ccccc2)NCCCCc2cccnc2)c1. The molecule has 0 aliphatic heterocycles. The fraction of sp³-hybridized carbons (Fsp3) is 0.278. The van der Waals surface area contributed by atoms with Crippen molar-refractivity contribution in [3.63, 3.8) is 0 Å². The summed E-state index contributed by atoms with van der Waals surface area (Å²) in [6.07, 6.45) is 8.73. The molecule has 6 rings (SSSR count). The van der Waals surface area contributed by atoms with Crippen molar-refractivity contribution < 1.29 is 0 Å². The molecule has 3 heterocycles. The van der Waals surface area contributed by atoms with Crippen molar-refractivity contribution in [3.05, 3.63) is 130 Å². The lowest BCUT2D eigenvalue weighted by atomic mass is 9.94. The zero-order valence-corrected chi connectivity index (χ0v) is 25.6. The van der Waals surface area contributed by atoms with E-state index in [4.69, 9.17) is 0 Å².